The average molecular weight is 315 g/mol. The van der Waals surface area contributed by atoms with Gasteiger partial charge in [0.25, 0.3) is 0 Å². The van der Waals surface area contributed by atoms with Gasteiger partial charge in [0.05, 0.1) is 11.6 Å². The second-order valence-corrected chi connectivity index (χ2v) is 5.57. The maximum absolute atomic E-state index is 6.29. The molecule has 0 amide bonds. The van der Waals surface area contributed by atoms with Crippen molar-refractivity contribution in [2.24, 2.45) is 0 Å². The zero-order valence-corrected chi connectivity index (χ0v) is 14.0. The molecule has 0 saturated heterocycles. The van der Waals surface area contributed by atoms with E-state index in [4.69, 9.17) is 16.3 Å². The van der Waals surface area contributed by atoms with Gasteiger partial charge in [0.1, 0.15) is 19.8 Å². The quantitative estimate of drug-likeness (QED) is 0.577. The molecule has 2 aromatic rings. The van der Waals surface area contributed by atoms with Gasteiger partial charge in [-0.3, -0.25) is 0 Å². The Morgan fingerprint density at radius 1 is 1.00 bits per heavy atom. The van der Waals surface area contributed by atoms with Crippen molar-refractivity contribution in [2.75, 3.05) is 20.7 Å². The highest BCUT2D eigenvalue weighted by Gasteiger charge is 2.01. The molecule has 0 aliphatic carbocycles. The van der Waals surface area contributed by atoms with E-state index in [1.807, 2.05) is 62.2 Å². The molecule has 2 aromatic carbocycles. The molecule has 0 radical (unpaired) electrons. The first-order chi connectivity index (χ1) is 10.6. The number of ether oxygens (including phenoxy) is 1. The van der Waals surface area contributed by atoms with E-state index in [0.29, 0.717) is 6.61 Å². The summed E-state index contributed by atoms with van der Waals surface area (Å²) in [7, 11) is 3.94. The second-order valence-electron chi connectivity index (χ2n) is 5.16. The fourth-order valence-corrected chi connectivity index (χ4v) is 2.23. The minimum Gasteiger partial charge on any atom is -0.494 e. The van der Waals surface area contributed by atoms with Gasteiger partial charge in [0, 0.05) is 6.08 Å². The van der Waals surface area contributed by atoms with E-state index in [9.17, 15) is 0 Å². The fraction of sp³-hybridized carbons (Fsp3) is 0.211. The van der Waals surface area contributed by atoms with Crippen molar-refractivity contribution in [3.63, 3.8) is 0 Å². The van der Waals surface area contributed by atoms with Crippen molar-refractivity contribution in [3.8, 4) is 16.9 Å². The van der Waals surface area contributed by atoms with Crippen LogP contribution < -0.4 is 4.74 Å². The minimum absolute atomic E-state index is 0.683. The smallest absolute Gasteiger partial charge is 0.164 e. The Bertz CT molecular complexity index is 666. The van der Waals surface area contributed by atoms with Crippen LogP contribution in [0.1, 0.15) is 12.5 Å². The second kappa shape index (κ2) is 7.81. The maximum atomic E-state index is 6.29. The number of hydrogen-bond donors (Lipinski definition) is 0. The Morgan fingerprint density at radius 2 is 1.55 bits per heavy atom. The number of rotatable bonds is 5. The summed E-state index contributed by atoms with van der Waals surface area (Å²) in [4.78, 5) is 0. The molecule has 0 aliphatic rings. The van der Waals surface area contributed by atoms with Crippen molar-refractivity contribution < 1.29 is 9.31 Å². The first kappa shape index (κ1) is 16.3. The van der Waals surface area contributed by atoms with Gasteiger partial charge < -0.3 is 4.74 Å². The summed E-state index contributed by atoms with van der Waals surface area (Å²) in [5.41, 5.74) is 3.33. The molecule has 0 heterocycles. The molecule has 22 heavy (non-hydrogen) atoms. The van der Waals surface area contributed by atoms with Crippen LogP contribution in [0.5, 0.6) is 5.75 Å². The van der Waals surface area contributed by atoms with Gasteiger partial charge in [-0.15, -0.1) is 0 Å². The first-order valence-corrected chi connectivity index (χ1v) is 7.68. The number of benzene rings is 2. The molecule has 0 N–H and O–H groups in total. The molecular weight excluding hydrogens is 294 g/mol. The maximum Gasteiger partial charge on any atom is 0.164 e. The first-order valence-electron chi connectivity index (χ1n) is 7.31. The van der Waals surface area contributed by atoms with Crippen LogP contribution in [0.15, 0.2) is 54.6 Å². The van der Waals surface area contributed by atoms with Crippen LogP contribution in [0, 0.1) is 0 Å². The standard InChI is InChI=1S/C19H21ClNO/c1-4-22-18-11-9-16(10-12-18)15-5-7-17(8-6-15)19(20)13-14-21(2)3/h5-14H,4H2,1-3H3/q+1/b19-13-. The van der Waals surface area contributed by atoms with Crippen LogP contribution >= 0.6 is 11.6 Å². The number of halogens is 1. The molecule has 2 rings (SSSR count). The van der Waals surface area contributed by atoms with E-state index < -0.39 is 0 Å². The topological polar surface area (TPSA) is 12.2 Å². The van der Waals surface area contributed by atoms with E-state index >= 15 is 0 Å². The van der Waals surface area contributed by atoms with E-state index in [2.05, 4.69) is 24.3 Å². The SMILES string of the molecule is CCOc1ccc(-c2ccc(/C(Cl)=C/C=[N+](C)C)cc2)cc1. The molecule has 0 fully saturated rings. The van der Waals surface area contributed by atoms with Crippen molar-refractivity contribution in [2.45, 2.75) is 6.92 Å². The lowest BCUT2D eigenvalue weighted by Crippen LogP contribution is -1.95. The molecule has 3 heteroatoms. The molecule has 0 aromatic heterocycles. The molecular formula is C19H21ClNO+. The average Bonchev–Trinajstić information content (AvgIpc) is 2.54. The zero-order valence-electron chi connectivity index (χ0n) is 13.2. The minimum atomic E-state index is 0.683. The number of hydrogen-bond acceptors (Lipinski definition) is 1. The predicted octanol–water partition coefficient (Wildman–Crippen LogP) is 4.67. The van der Waals surface area contributed by atoms with Crippen molar-refractivity contribution in [3.05, 3.63) is 60.2 Å². The van der Waals surface area contributed by atoms with E-state index in [0.717, 1.165) is 27.5 Å². The predicted molar refractivity (Wildman–Crippen MR) is 95.0 cm³/mol. The lowest BCUT2D eigenvalue weighted by atomic mass is 10.0. The molecule has 0 unspecified atom stereocenters. The lowest BCUT2D eigenvalue weighted by molar-refractivity contribution is -0.458. The van der Waals surface area contributed by atoms with Gasteiger partial charge in [0.15, 0.2) is 6.21 Å². The highest BCUT2D eigenvalue weighted by Crippen LogP contribution is 2.25. The monoisotopic (exact) mass is 314 g/mol. The molecule has 0 saturated carbocycles. The molecule has 0 atom stereocenters. The highest BCUT2D eigenvalue weighted by molar-refractivity contribution is 6.49. The summed E-state index contributed by atoms with van der Waals surface area (Å²) in [6, 6.07) is 16.3. The lowest BCUT2D eigenvalue weighted by Gasteiger charge is -2.06. The van der Waals surface area contributed by atoms with Gasteiger partial charge >= 0.3 is 0 Å². The van der Waals surface area contributed by atoms with E-state index in [1.165, 1.54) is 0 Å². The Balaban J connectivity index is 2.18. The molecule has 0 spiro atoms. The summed E-state index contributed by atoms with van der Waals surface area (Å²) >= 11 is 6.29. The fourth-order valence-electron chi connectivity index (χ4n) is 2.04. The normalized spacial score (nSPS) is 11.2. The highest BCUT2D eigenvalue weighted by atomic mass is 35.5. The summed E-state index contributed by atoms with van der Waals surface area (Å²) in [6.45, 7) is 2.67. The van der Waals surface area contributed by atoms with Crippen molar-refractivity contribution in [1.29, 1.82) is 0 Å². The van der Waals surface area contributed by atoms with Crippen LogP contribution in [-0.2, 0) is 0 Å². The van der Waals surface area contributed by atoms with Crippen molar-refractivity contribution >= 4 is 22.8 Å². The Kier molecular flexibility index (Phi) is 5.79. The van der Waals surface area contributed by atoms with Crippen LogP contribution in [-0.4, -0.2) is 31.5 Å². The van der Waals surface area contributed by atoms with E-state index in [-0.39, 0.29) is 0 Å². The van der Waals surface area contributed by atoms with Crippen LogP contribution in [0.2, 0.25) is 0 Å². The number of nitrogens with zero attached hydrogens (tertiary/aromatic N) is 1. The van der Waals surface area contributed by atoms with Crippen molar-refractivity contribution in [1.82, 2.24) is 0 Å². The van der Waals surface area contributed by atoms with Gasteiger partial charge in [0.2, 0.25) is 0 Å². The third kappa shape index (κ3) is 4.47. The summed E-state index contributed by atoms with van der Waals surface area (Å²) < 4.78 is 7.42. The van der Waals surface area contributed by atoms with Gasteiger partial charge in [-0.1, -0.05) is 48.0 Å². The zero-order chi connectivity index (χ0) is 15.9. The molecule has 0 aliphatic heterocycles. The Labute approximate surface area is 137 Å². The van der Waals surface area contributed by atoms with E-state index in [1.54, 1.807) is 0 Å². The third-order valence-corrected chi connectivity index (χ3v) is 3.52. The largest absolute Gasteiger partial charge is 0.494 e. The van der Waals surface area contributed by atoms with Gasteiger partial charge in [-0.25, -0.2) is 4.58 Å². The number of allylic oxidation sites excluding steroid dienone is 1. The van der Waals surface area contributed by atoms with Gasteiger partial charge in [-0.2, -0.15) is 0 Å². The molecule has 114 valence electrons. The summed E-state index contributed by atoms with van der Waals surface area (Å²) in [5.74, 6) is 0.896. The Hall–Kier alpha value is -2.06. The summed E-state index contributed by atoms with van der Waals surface area (Å²) in [5, 5.41) is 0.729. The molecule has 2 nitrogen and oxygen atoms in total. The van der Waals surface area contributed by atoms with Gasteiger partial charge in [-0.05, 0) is 35.7 Å². The summed E-state index contributed by atoms with van der Waals surface area (Å²) in [6.07, 6.45) is 3.83. The van der Waals surface area contributed by atoms with Crippen LogP contribution in [0.4, 0.5) is 0 Å². The Morgan fingerprint density at radius 3 is 2.05 bits per heavy atom. The molecule has 0 bridgehead atoms. The third-order valence-electron chi connectivity index (χ3n) is 3.18. The van der Waals surface area contributed by atoms with Crippen LogP contribution in [0.25, 0.3) is 16.2 Å². The van der Waals surface area contributed by atoms with Crippen LogP contribution in [0.3, 0.4) is 0 Å².